The summed E-state index contributed by atoms with van der Waals surface area (Å²) in [5.41, 5.74) is 0. The first-order valence-corrected chi connectivity index (χ1v) is 8.12. The monoisotopic (exact) mass is 294 g/mol. The molecule has 0 radical (unpaired) electrons. The maximum Gasteiger partial charge on any atom is 0.321 e. The summed E-state index contributed by atoms with van der Waals surface area (Å²) in [6.07, 6.45) is 6.91. The van der Waals surface area contributed by atoms with Gasteiger partial charge in [0, 0.05) is 4.90 Å². The second kappa shape index (κ2) is 7.58. The van der Waals surface area contributed by atoms with Gasteiger partial charge >= 0.3 is 5.97 Å². The number of phenols is 1. The van der Waals surface area contributed by atoms with Crippen LogP contribution in [0.4, 0.5) is 0 Å². The standard InChI is InChI=1S/C16H22O3S/c1-2-15(12-6-4-3-5-7-12)16(18)19-20-14-10-8-13(17)9-11-14/h8-12,15,17H,2-7H2,1H3. The van der Waals surface area contributed by atoms with E-state index in [0.29, 0.717) is 5.92 Å². The molecule has 1 saturated carbocycles. The number of carbonyl (C=O) groups excluding carboxylic acids is 1. The number of rotatable bonds is 5. The van der Waals surface area contributed by atoms with Crippen molar-refractivity contribution >= 4 is 18.0 Å². The molecule has 1 fully saturated rings. The molecule has 20 heavy (non-hydrogen) atoms. The normalized spacial score (nSPS) is 17.6. The van der Waals surface area contributed by atoms with E-state index in [-0.39, 0.29) is 17.6 Å². The lowest BCUT2D eigenvalue weighted by Gasteiger charge is -2.27. The minimum absolute atomic E-state index is 0.0277. The van der Waals surface area contributed by atoms with E-state index >= 15 is 0 Å². The van der Waals surface area contributed by atoms with Crippen molar-refractivity contribution < 1.29 is 14.1 Å². The zero-order valence-electron chi connectivity index (χ0n) is 11.9. The highest BCUT2D eigenvalue weighted by molar-refractivity contribution is 7.95. The molecule has 0 aliphatic heterocycles. The van der Waals surface area contributed by atoms with Gasteiger partial charge in [-0.05, 0) is 49.4 Å². The lowest BCUT2D eigenvalue weighted by molar-refractivity contribution is -0.140. The summed E-state index contributed by atoms with van der Waals surface area (Å²) in [6.45, 7) is 2.06. The molecule has 1 atom stereocenters. The fourth-order valence-corrected chi connectivity index (χ4v) is 3.43. The molecular weight excluding hydrogens is 272 g/mol. The molecule has 0 amide bonds. The van der Waals surface area contributed by atoms with Crippen LogP contribution in [0.5, 0.6) is 5.75 Å². The SMILES string of the molecule is CCC(C(=O)OSc1ccc(O)cc1)C1CCCCC1. The van der Waals surface area contributed by atoms with Crippen molar-refractivity contribution in [3.05, 3.63) is 24.3 Å². The summed E-state index contributed by atoms with van der Waals surface area (Å²) in [5, 5.41) is 9.21. The Morgan fingerprint density at radius 2 is 1.95 bits per heavy atom. The molecule has 1 aliphatic rings. The Bertz CT molecular complexity index is 424. The molecule has 3 nitrogen and oxygen atoms in total. The average molecular weight is 294 g/mol. The Kier molecular flexibility index (Phi) is 5.77. The van der Waals surface area contributed by atoms with Gasteiger partial charge in [0.05, 0.1) is 18.0 Å². The third-order valence-corrected chi connectivity index (χ3v) is 4.73. The molecular formula is C16H22O3S. The fraction of sp³-hybridized carbons (Fsp3) is 0.562. The molecule has 0 heterocycles. The summed E-state index contributed by atoms with van der Waals surface area (Å²) < 4.78 is 5.37. The Hall–Kier alpha value is -1.16. The molecule has 1 aromatic rings. The van der Waals surface area contributed by atoms with E-state index in [2.05, 4.69) is 6.92 Å². The second-order valence-electron chi connectivity index (χ2n) is 5.39. The third kappa shape index (κ3) is 4.17. The van der Waals surface area contributed by atoms with Crippen molar-refractivity contribution in [1.29, 1.82) is 0 Å². The molecule has 0 spiro atoms. The molecule has 1 aliphatic carbocycles. The summed E-state index contributed by atoms with van der Waals surface area (Å²) in [7, 11) is 0. The van der Waals surface area contributed by atoms with E-state index in [1.54, 1.807) is 24.3 Å². The topological polar surface area (TPSA) is 46.5 Å². The van der Waals surface area contributed by atoms with Crippen molar-refractivity contribution in [3.8, 4) is 5.75 Å². The highest BCUT2D eigenvalue weighted by Gasteiger charge is 2.29. The molecule has 0 bridgehead atoms. The summed E-state index contributed by atoms with van der Waals surface area (Å²) in [5.74, 6) is 0.633. The van der Waals surface area contributed by atoms with Crippen LogP contribution >= 0.6 is 12.0 Å². The lowest BCUT2D eigenvalue weighted by Crippen LogP contribution is -2.25. The van der Waals surface area contributed by atoms with Crippen LogP contribution in [0, 0.1) is 11.8 Å². The van der Waals surface area contributed by atoms with E-state index in [1.807, 2.05) is 0 Å². The number of carbonyl (C=O) groups is 1. The van der Waals surface area contributed by atoms with E-state index < -0.39 is 0 Å². The minimum Gasteiger partial charge on any atom is -0.508 e. The van der Waals surface area contributed by atoms with Crippen LogP contribution in [-0.2, 0) is 8.98 Å². The Morgan fingerprint density at radius 1 is 1.30 bits per heavy atom. The van der Waals surface area contributed by atoms with Crippen molar-refractivity contribution in [1.82, 2.24) is 0 Å². The third-order valence-electron chi connectivity index (χ3n) is 4.02. The van der Waals surface area contributed by atoms with Gasteiger partial charge in [-0.1, -0.05) is 26.2 Å². The van der Waals surface area contributed by atoms with Crippen LogP contribution in [0.25, 0.3) is 0 Å². The van der Waals surface area contributed by atoms with Crippen LogP contribution in [0.3, 0.4) is 0 Å². The van der Waals surface area contributed by atoms with E-state index in [1.165, 1.54) is 19.3 Å². The second-order valence-corrected chi connectivity index (χ2v) is 6.20. The minimum atomic E-state index is -0.0996. The van der Waals surface area contributed by atoms with E-state index in [4.69, 9.17) is 4.18 Å². The van der Waals surface area contributed by atoms with Crippen LogP contribution in [-0.4, -0.2) is 11.1 Å². The number of benzene rings is 1. The fourth-order valence-electron chi connectivity index (χ4n) is 2.88. The van der Waals surface area contributed by atoms with E-state index in [9.17, 15) is 9.90 Å². The number of aromatic hydroxyl groups is 1. The maximum absolute atomic E-state index is 12.2. The Morgan fingerprint density at radius 3 is 2.55 bits per heavy atom. The van der Waals surface area contributed by atoms with Gasteiger partial charge in [-0.2, -0.15) is 0 Å². The van der Waals surface area contributed by atoms with E-state index in [0.717, 1.165) is 36.2 Å². The number of hydrogen-bond acceptors (Lipinski definition) is 4. The van der Waals surface area contributed by atoms with Gasteiger partial charge in [0.2, 0.25) is 0 Å². The zero-order valence-corrected chi connectivity index (χ0v) is 12.7. The highest BCUT2D eigenvalue weighted by Crippen LogP contribution is 2.34. The van der Waals surface area contributed by atoms with Gasteiger partial charge in [-0.3, -0.25) is 4.79 Å². The first-order valence-electron chi connectivity index (χ1n) is 7.38. The lowest BCUT2D eigenvalue weighted by atomic mass is 9.79. The molecule has 1 N–H and O–H groups in total. The van der Waals surface area contributed by atoms with Gasteiger partial charge in [-0.15, -0.1) is 0 Å². The molecule has 1 aromatic carbocycles. The molecule has 1 unspecified atom stereocenters. The average Bonchev–Trinajstić information content (AvgIpc) is 2.48. The zero-order chi connectivity index (χ0) is 14.4. The van der Waals surface area contributed by atoms with Crippen LogP contribution < -0.4 is 0 Å². The summed E-state index contributed by atoms with van der Waals surface area (Å²) >= 11 is 1.08. The summed E-state index contributed by atoms with van der Waals surface area (Å²) in [4.78, 5) is 13.0. The van der Waals surface area contributed by atoms with Crippen molar-refractivity contribution in [2.45, 2.75) is 50.3 Å². The first kappa shape index (κ1) is 15.2. The van der Waals surface area contributed by atoms with Gasteiger partial charge in [0.25, 0.3) is 0 Å². The summed E-state index contributed by atoms with van der Waals surface area (Å²) in [6, 6.07) is 6.67. The molecule has 0 aromatic heterocycles. The molecule has 2 rings (SSSR count). The number of phenolic OH excluding ortho intramolecular Hbond substituents is 1. The Labute approximate surface area is 124 Å². The van der Waals surface area contributed by atoms with Crippen LogP contribution in [0.1, 0.15) is 45.4 Å². The predicted octanol–water partition coefficient (Wildman–Crippen LogP) is 4.55. The van der Waals surface area contributed by atoms with Gasteiger partial charge in [0.15, 0.2) is 0 Å². The van der Waals surface area contributed by atoms with Gasteiger partial charge in [0.1, 0.15) is 5.75 Å². The molecule has 4 heteroatoms. The van der Waals surface area contributed by atoms with Crippen molar-refractivity contribution in [2.24, 2.45) is 11.8 Å². The molecule has 110 valence electrons. The maximum atomic E-state index is 12.2. The number of hydrogen-bond donors (Lipinski definition) is 1. The van der Waals surface area contributed by atoms with Gasteiger partial charge in [-0.25, -0.2) is 0 Å². The predicted molar refractivity (Wildman–Crippen MR) is 80.4 cm³/mol. The van der Waals surface area contributed by atoms with Gasteiger partial charge < -0.3 is 9.29 Å². The Balaban J connectivity index is 1.87. The molecule has 0 saturated heterocycles. The largest absolute Gasteiger partial charge is 0.508 e. The van der Waals surface area contributed by atoms with Crippen molar-refractivity contribution in [2.75, 3.05) is 0 Å². The highest BCUT2D eigenvalue weighted by atomic mass is 32.2. The quantitative estimate of drug-likeness (QED) is 0.809. The van der Waals surface area contributed by atoms with Crippen LogP contribution in [0.2, 0.25) is 0 Å². The van der Waals surface area contributed by atoms with Crippen molar-refractivity contribution in [3.63, 3.8) is 0 Å². The first-order chi connectivity index (χ1) is 9.70. The van der Waals surface area contributed by atoms with Crippen LogP contribution in [0.15, 0.2) is 29.2 Å². The smallest absolute Gasteiger partial charge is 0.321 e.